The molecule has 5 aromatic rings. The molecule has 0 aliphatic heterocycles. The Hall–Kier alpha value is -4.50. The van der Waals surface area contributed by atoms with E-state index in [1.807, 2.05) is 87.6 Å². The van der Waals surface area contributed by atoms with Crippen molar-refractivity contribution in [1.29, 1.82) is 0 Å². The minimum atomic E-state index is -1.07. The van der Waals surface area contributed by atoms with Gasteiger partial charge in [0.15, 0.2) is 0 Å². The average molecular weight is 540 g/mol. The monoisotopic (exact) mass is 539 g/mol. The molecule has 1 amide bonds. The molecule has 0 spiro atoms. The Bertz CT molecular complexity index is 1600. The first-order valence-corrected chi connectivity index (χ1v) is 13.4. The number of fused-ring (bicyclic) bond motifs is 1. The van der Waals surface area contributed by atoms with Gasteiger partial charge in [0.05, 0.1) is 22.5 Å². The summed E-state index contributed by atoms with van der Waals surface area (Å²) in [7, 11) is 0. The highest BCUT2D eigenvalue weighted by Crippen LogP contribution is 2.27. The lowest BCUT2D eigenvalue weighted by Gasteiger charge is -2.17. The molecule has 0 bridgehead atoms. The van der Waals surface area contributed by atoms with E-state index in [0.717, 1.165) is 48.7 Å². The number of para-hydroxylation sites is 2. The van der Waals surface area contributed by atoms with Crippen LogP contribution in [0.4, 0.5) is 5.95 Å². The summed E-state index contributed by atoms with van der Waals surface area (Å²) in [6.07, 6.45) is 2.02. The van der Waals surface area contributed by atoms with Gasteiger partial charge in [0.1, 0.15) is 11.0 Å². The molecule has 8 nitrogen and oxygen atoms in total. The lowest BCUT2D eigenvalue weighted by Crippen LogP contribution is -2.42. The number of imidazole rings is 1. The number of aromatic nitrogens is 3. The fourth-order valence-corrected chi connectivity index (χ4v) is 5.59. The number of aromatic amines is 1. The largest absolute Gasteiger partial charge is 0.480 e. The molecule has 5 rings (SSSR count). The van der Waals surface area contributed by atoms with Gasteiger partial charge >= 0.3 is 5.97 Å². The number of nitrogens with zero attached hydrogens (tertiary/aromatic N) is 2. The van der Waals surface area contributed by atoms with Crippen LogP contribution >= 0.6 is 11.3 Å². The van der Waals surface area contributed by atoms with Crippen molar-refractivity contribution in [1.82, 2.24) is 20.3 Å². The molecule has 4 N–H and O–H groups in total. The van der Waals surface area contributed by atoms with Crippen LogP contribution in [0.3, 0.4) is 0 Å². The second kappa shape index (κ2) is 11.1. The van der Waals surface area contributed by atoms with Crippen LogP contribution in [0.5, 0.6) is 0 Å². The van der Waals surface area contributed by atoms with Gasteiger partial charge in [-0.2, -0.15) is 0 Å². The van der Waals surface area contributed by atoms with Crippen molar-refractivity contribution in [2.24, 2.45) is 0 Å². The third-order valence-corrected chi connectivity index (χ3v) is 7.58. The van der Waals surface area contributed by atoms with Crippen LogP contribution in [0, 0.1) is 20.8 Å². The van der Waals surface area contributed by atoms with E-state index < -0.39 is 12.0 Å². The summed E-state index contributed by atoms with van der Waals surface area (Å²) >= 11 is 1.58. The number of anilines is 1. The predicted octanol–water partition coefficient (Wildman–Crippen LogP) is 5.65. The number of hydrogen-bond donors (Lipinski definition) is 4. The smallest absolute Gasteiger partial charge is 0.326 e. The average Bonchev–Trinajstić information content (AvgIpc) is 3.54. The topological polar surface area (TPSA) is 120 Å². The Labute approximate surface area is 230 Å². The Morgan fingerprint density at radius 1 is 1.03 bits per heavy atom. The van der Waals surface area contributed by atoms with Crippen molar-refractivity contribution < 1.29 is 14.7 Å². The molecule has 0 fully saturated rings. The van der Waals surface area contributed by atoms with Gasteiger partial charge in [-0.15, -0.1) is 11.3 Å². The van der Waals surface area contributed by atoms with Gasteiger partial charge < -0.3 is 20.7 Å². The van der Waals surface area contributed by atoms with E-state index in [9.17, 15) is 14.7 Å². The zero-order valence-corrected chi connectivity index (χ0v) is 22.7. The van der Waals surface area contributed by atoms with Gasteiger partial charge in [-0.1, -0.05) is 54.1 Å². The third-order valence-electron chi connectivity index (χ3n) is 6.54. The van der Waals surface area contributed by atoms with Crippen LogP contribution < -0.4 is 10.6 Å². The van der Waals surface area contributed by atoms with Gasteiger partial charge in [0.2, 0.25) is 5.95 Å². The summed E-state index contributed by atoms with van der Waals surface area (Å²) in [5.41, 5.74) is 6.94. The number of nitrogens with one attached hydrogen (secondary N) is 3. The first-order valence-electron chi connectivity index (χ1n) is 12.6. The second-order valence-electron chi connectivity index (χ2n) is 9.61. The SMILES string of the molecule is Cc1cc(C)c(C(=O)NC(Cc2ccc(-c3cnc(CNc4nc5ccccc5[nH]4)s3)cc2)C(=O)O)c(C)c1. The number of amides is 1. The maximum absolute atomic E-state index is 12.9. The third kappa shape index (κ3) is 5.99. The molecule has 0 saturated carbocycles. The molecule has 0 aliphatic carbocycles. The van der Waals surface area contributed by atoms with Crippen molar-refractivity contribution in [2.45, 2.75) is 39.8 Å². The minimum absolute atomic E-state index is 0.181. The van der Waals surface area contributed by atoms with Crippen LogP contribution in [0.2, 0.25) is 0 Å². The van der Waals surface area contributed by atoms with Crippen molar-refractivity contribution >= 4 is 40.2 Å². The molecule has 39 heavy (non-hydrogen) atoms. The standard InChI is InChI=1S/C30H29N5O3S/c1-17-12-18(2)27(19(3)13-17)28(36)33-24(29(37)38)14-20-8-10-21(11-9-20)25-15-31-26(39-25)16-32-30-34-22-6-4-5-7-23(22)35-30/h4-13,15,24H,14,16H2,1-3H3,(H,33,36)(H,37,38)(H2,32,34,35). The number of carbonyl (C=O) groups excluding carboxylic acids is 1. The number of carbonyl (C=O) groups is 2. The van der Waals surface area contributed by atoms with E-state index in [2.05, 4.69) is 25.6 Å². The number of benzene rings is 3. The fraction of sp³-hybridized carbons (Fsp3) is 0.200. The summed E-state index contributed by atoms with van der Waals surface area (Å²) in [6, 6.07) is 18.4. The highest BCUT2D eigenvalue weighted by Gasteiger charge is 2.23. The van der Waals surface area contributed by atoms with Crippen molar-refractivity contribution in [3.8, 4) is 10.4 Å². The van der Waals surface area contributed by atoms with Crippen LogP contribution in [-0.4, -0.2) is 38.0 Å². The molecule has 1 unspecified atom stereocenters. The molecule has 198 valence electrons. The van der Waals surface area contributed by atoms with E-state index >= 15 is 0 Å². The van der Waals surface area contributed by atoms with Gasteiger partial charge in [0.25, 0.3) is 5.91 Å². The van der Waals surface area contributed by atoms with Crippen LogP contribution in [-0.2, 0) is 17.8 Å². The van der Waals surface area contributed by atoms with Crippen LogP contribution in [0.25, 0.3) is 21.5 Å². The number of aliphatic carboxylic acids is 1. The molecule has 0 aliphatic rings. The Morgan fingerprint density at radius 2 is 1.74 bits per heavy atom. The molecule has 9 heteroatoms. The predicted molar refractivity (Wildman–Crippen MR) is 154 cm³/mol. The number of carboxylic acids is 1. The maximum atomic E-state index is 12.9. The molecule has 0 saturated heterocycles. The quantitative estimate of drug-likeness (QED) is 0.192. The van der Waals surface area contributed by atoms with Gasteiger partial charge in [-0.05, 0) is 55.2 Å². The zero-order chi connectivity index (χ0) is 27.5. The highest BCUT2D eigenvalue weighted by molar-refractivity contribution is 7.15. The number of H-pyrrole nitrogens is 1. The summed E-state index contributed by atoms with van der Waals surface area (Å²) < 4.78 is 0. The number of thiazole rings is 1. The van der Waals surface area contributed by atoms with Crippen molar-refractivity contribution in [3.05, 3.63) is 99.7 Å². The van der Waals surface area contributed by atoms with Gasteiger partial charge in [-0.25, -0.2) is 14.8 Å². The van der Waals surface area contributed by atoms with E-state index in [1.54, 1.807) is 11.3 Å². The van der Waals surface area contributed by atoms with Gasteiger partial charge in [0, 0.05) is 18.2 Å². The molecule has 2 heterocycles. The van der Waals surface area contributed by atoms with E-state index in [0.29, 0.717) is 18.1 Å². The first kappa shape index (κ1) is 26.1. The highest BCUT2D eigenvalue weighted by atomic mass is 32.1. The Morgan fingerprint density at radius 3 is 2.44 bits per heavy atom. The van der Waals surface area contributed by atoms with E-state index in [4.69, 9.17) is 0 Å². The summed E-state index contributed by atoms with van der Waals surface area (Å²) in [6.45, 7) is 6.24. The normalized spacial score (nSPS) is 11.9. The Balaban J connectivity index is 1.22. The van der Waals surface area contributed by atoms with Crippen LogP contribution in [0.1, 0.15) is 37.6 Å². The number of rotatable bonds is 9. The molecule has 2 aromatic heterocycles. The summed E-state index contributed by atoms with van der Waals surface area (Å²) in [5.74, 6) is -0.744. The van der Waals surface area contributed by atoms with Crippen molar-refractivity contribution in [2.75, 3.05) is 5.32 Å². The minimum Gasteiger partial charge on any atom is -0.480 e. The molecule has 1 atom stereocenters. The zero-order valence-electron chi connectivity index (χ0n) is 21.9. The molecule has 3 aromatic carbocycles. The maximum Gasteiger partial charge on any atom is 0.326 e. The first-order chi connectivity index (χ1) is 18.8. The molecular formula is C30H29N5O3S. The number of carboxylic acid groups (broad SMARTS) is 1. The molecular weight excluding hydrogens is 510 g/mol. The lowest BCUT2D eigenvalue weighted by atomic mass is 9.98. The van der Waals surface area contributed by atoms with Gasteiger partial charge in [-0.3, -0.25) is 4.79 Å². The summed E-state index contributed by atoms with van der Waals surface area (Å²) in [5, 5.41) is 16.7. The lowest BCUT2D eigenvalue weighted by molar-refractivity contribution is -0.139. The molecule has 0 radical (unpaired) electrons. The number of hydrogen-bond acceptors (Lipinski definition) is 6. The fourth-order valence-electron chi connectivity index (χ4n) is 4.73. The van der Waals surface area contributed by atoms with E-state index in [-0.39, 0.29) is 12.3 Å². The Kier molecular flexibility index (Phi) is 7.42. The number of aryl methyl sites for hydroxylation is 3. The van der Waals surface area contributed by atoms with Crippen molar-refractivity contribution in [3.63, 3.8) is 0 Å². The van der Waals surface area contributed by atoms with E-state index in [1.165, 1.54) is 0 Å². The summed E-state index contributed by atoms with van der Waals surface area (Å²) in [4.78, 5) is 38.2. The second-order valence-corrected chi connectivity index (χ2v) is 10.7. The van der Waals surface area contributed by atoms with Crippen LogP contribution in [0.15, 0.2) is 66.9 Å².